The minimum Gasteiger partial charge on any atom is -0.384 e. The third-order valence-corrected chi connectivity index (χ3v) is 3.33. The predicted molar refractivity (Wildman–Crippen MR) is 68.9 cm³/mol. The summed E-state index contributed by atoms with van der Waals surface area (Å²) >= 11 is 0. The number of aromatic nitrogens is 2. The molecule has 17 heavy (non-hydrogen) atoms. The Morgan fingerprint density at radius 2 is 2.12 bits per heavy atom. The van der Waals surface area contributed by atoms with Crippen LogP contribution in [0.25, 0.3) is 0 Å². The molecule has 0 unspecified atom stereocenters. The molecule has 0 saturated heterocycles. The maximum absolute atomic E-state index is 5.93. The second-order valence-corrected chi connectivity index (χ2v) is 4.84. The van der Waals surface area contributed by atoms with E-state index in [1.165, 1.54) is 24.0 Å². The lowest BCUT2D eigenvalue weighted by Gasteiger charge is -2.09. The van der Waals surface area contributed by atoms with Gasteiger partial charge >= 0.3 is 0 Å². The molecule has 2 aromatic rings. The molecule has 0 atom stereocenters. The number of hydrogen-bond acceptors (Lipinski definition) is 2. The topological polar surface area (TPSA) is 43.8 Å². The minimum atomic E-state index is 0.744. The van der Waals surface area contributed by atoms with Gasteiger partial charge in [-0.1, -0.05) is 24.3 Å². The van der Waals surface area contributed by atoms with Crippen LogP contribution in [-0.2, 0) is 6.54 Å². The quantitative estimate of drug-likeness (QED) is 0.876. The molecule has 3 heteroatoms. The van der Waals surface area contributed by atoms with Crippen molar-refractivity contribution in [1.29, 1.82) is 0 Å². The molecule has 88 valence electrons. The lowest BCUT2D eigenvalue weighted by Crippen LogP contribution is -2.07. The van der Waals surface area contributed by atoms with Gasteiger partial charge in [-0.15, -0.1) is 0 Å². The molecule has 1 aromatic heterocycles. The third kappa shape index (κ3) is 2.05. The zero-order valence-corrected chi connectivity index (χ0v) is 10.1. The average Bonchev–Trinajstić information content (AvgIpc) is 3.08. The molecular weight excluding hydrogens is 210 g/mol. The van der Waals surface area contributed by atoms with Crippen LogP contribution in [-0.4, -0.2) is 9.78 Å². The molecule has 2 N–H and O–H groups in total. The molecule has 0 aliphatic heterocycles. The number of benzene rings is 1. The first-order valence-corrected chi connectivity index (χ1v) is 6.12. The van der Waals surface area contributed by atoms with Gasteiger partial charge in [0.05, 0.1) is 12.2 Å². The number of hydrogen-bond donors (Lipinski definition) is 1. The molecule has 3 nitrogen and oxygen atoms in total. The normalized spacial score (nSPS) is 15.1. The maximum Gasteiger partial charge on any atom is 0.122 e. The molecule has 1 fully saturated rings. The van der Waals surface area contributed by atoms with Crippen molar-refractivity contribution in [2.75, 3.05) is 5.73 Å². The Morgan fingerprint density at radius 3 is 2.76 bits per heavy atom. The van der Waals surface area contributed by atoms with Crippen LogP contribution in [0.5, 0.6) is 0 Å². The van der Waals surface area contributed by atoms with Crippen molar-refractivity contribution < 1.29 is 0 Å². The maximum atomic E-state index is 5.93. The summed E-state index contributed by atoms with van der Waals surface area (Å²) in [4.78, 5) is 0. The predicted octanol–water partition coefficient (Wildman–Crippen LogP) is 2.70. The van der Waals surface area contributed by atoms with Gasteiger partial charge in [0.2, 0.25) is 0 Å². The van der Waals surface area contributed by atoms with Gasteiger partial charge in [0.25, 0.3) is 0 Å². The van der Waals surface area contributed by atoms with Crippen LogP contribution in [0.3, 0.4) is 0 Å². The molecule has 0 amide bonds. The zero-order valence-electron chi connectivity index (χ0n) is 10.1. The SMILES string of the molecule is Cc1cc(N)n(Cc2ccccc2C2CC2)n1. The van der Waals surface area contributed by atoms with Crippen LogP contribution in [0.2, 0.25) is 0 Å². The standard InChI is InChI=1S/C14H17N3/c1-10-8-14(15)17(16-10)9-12-4-2-3-5-13(12)11-6-7-11/h2-5,8,11H,6-7,9,15H2,1H3. The Kier molecular flexibility index (Phi) is 2.39. The molecule has 1 aliphatic carbocycles. The molecule has 1 saturated carbocycles. The largest absolute Gasteiger partial charge is 0.384 e. The van der Waals surface area contributed by atoms with E-state index < -0.39 is 0 Å². The molecule has 0 spiro atoms. The summed E-state index contributed by atoms with van der Waals surface area (Å²) in [5.74, 6) is 1.51. The fourth-order valence-corrected chi connectivity index (χ4v) is 2.32. The number of anilines is 1. The summed E-state index contributed by atoms with van der Waals surface area (Å²) in [5.41, 5.74) is 9.73. The highest BCUT2D eigenvalue weighted by atomic mass is 15.3. The molecule has 1 aromatic carbocycles. The Bertz CT molecular complexity index is 538. The van der Waals surface area contributed by atoms with Gasteiger partial charge < -0.3 is 5.73 Å². The molecule has 3 rings (SSSR count). The van der Waals surface area contributed by atoms with Gasteiger partial charge in [-0.05, 0) is 36.8 Å². The first-order chi connectivity index (χ1) is 8.24. The van der Waals surface area contributed by atoms with Crippen molar-refractivity contribution in [3.8, 4) is 0 Å². The number of nitrogen functional groups attached to an aromatic ring is 1. The van der Waals surface area contributed by atoms with Crippen molar-refractivity contribution in [3.05, 3.63) is 47.2 Å². The summed E-state index contributed by atoms with van der Waals surface area (Å²) < 4.78 is 1.89. The monoisotopic (exact) mass is 227 g/mol. The van der Waals surface area contributed by atoms with E-state index in [1.807, 2.05) is 17.7 Å². The fraction of sp³-hybridized carbons (Fsp3) is 0.357. The zero-order chi connectivity index (χ0) is 11.8. The van der Waals surface area contributed by atoms with Gasteiger partial charge in [-0.3, -0.25) is 0 Å². The van der Waals surface area contributed by atoms with E-state index in [2.05, 4.69) is 29.4 Å². The Hall–Kier alpha value is -1.77. The fourth-order valence-electron chi connectivity index (χ4n) is 2.32. The van der Waals surface area contributed by atoms with Crippen LogP contribution in [0.4, 0.5) is 5.82 Å². The summed E-state index contributed by atoms with van der Waals surface area (Å²) in [6.07, 6.45) is 2.65. The second kappa shape index (κ2) is 3.91. The van der Waals surface area contributed by atoms with Gasteiger partial charge in [0.1, 0.15) is 5.82 Å². The number of aryl methyl sites for hydroxylation is 1. The van der Waals surface area contributed by atoms with E-state index in [-0.39, 0.29) is 0 Å². The van der Waals surface area contributed by atoms with Crippen LogP contribution < -0.4 is 5.73 Å². The van der Waals surface area contributed by atoms with E-state index in [4.69, 9.17) is 5.73 Å². The molecule has 0 radical (unpaired) electrons. The van der Waals surface area contributed by atoms with Crippen molar-refractivity contribution >= 4 is 5.82 Å². The highest BCUT2D eigenvalue weighted by molar-refractivity contribution is 5.36. The summed E-state index contributed by atoms with van der Waals surface area (Å²) in [6, 6.07) is 10.5. The molecule has 0 bridgehead atoms. The van der Waals surface area contributed by atoms with Crippen molar-refractivity contribution in [2.45, 2.75) is 32.2 Å². The van der Waals surface area contributed by atoms with Crippen molar-refractivity contribution in [2.24, 2.45) is 0 Å². The van der Waals surface area contributed by atoms with Crippen molar-refractivity contribution in [1.82, 2.24) is 9.78 Å². The van der Waals surface area contributed by atoms with Crippen molar-refractivity contribution in [3.63, 3.8) is 0 Å². The Balaban J connectivity index is 1.92. The highest BCUT2D eigenvalue weighted by Gasteiger charge is 2.25. The molecule has 1 heterocycles. The highest BCUT2D eigenvalue weighted by Crippen LogP contribution is 2.41. The van der Waals surface area contributed by atoms with Gasteiger partial charge in [-0.2, -0.15) is 5.10 Å². The van der Waals surface area contributed by atoms with E-state index in [0.29, 0.717) is 0 Å². The lowest BCUT2D eigenvalue weighted by molar-refractivity contribution is 0.684. The Labute approximate surface area is 101 Å². The van der Waals surface area contributed by atoms with E-state index >= 15 is 0 Å². The van der Waals surface area contributed by atoms with Crippen LogP contribution >= 0.6 is 0 Å². The van der Waals surface area contributed by atoms with Crippen LogP contribution in [0.15, 0.2) is 30.3 Å². The smallest absolute Gasteiger partial charge is 0.122 e. The number of nitrogens with zero attached hydrogens (tertiary/aromatic N) is 2. The summed E-state index contributed by atoms with van der Waals surface area (Å²) in [7, 11) is 0. The first-order valence-electron chi connectivity index (χ1n) is 6.12. The van der Waals surface area contributed by atoms with E-state index in [9.17, 15) is 0 Å². The number of rotatable bonds is 3. The Morgan fingerprint density at radius 1 is 1.35 bits per heavy atom. The van der Waals surface area contributed by atoms with E-state index in [0.717, 1.165) is 24.0 Å². The molecular formula is C14H17N3. The van der Waals surface area contributed by atoms with Crippen LogP contribution in [0, 0.1) is 6.92 Å². The molecule has 1 aliphatic rings. The summed E-state index contributed by atoms with van der Waals surface area (Å²) in [5, 5.41) is 4.42. The summed E-state index contributed by atoms with van der Waals surface area (Å²) in [6.45, 7) is 2.76. The lowest BCUT2D eigenvalue weighted by atomic mass is 10.0. The average molecular weight is 227 g/mol. The van der Waals surface area contributed by atoms with E-state index in [1.54, 1.807) is 0 Å². The van der Waals surface area contributed by atoms with Gasteiger partial charge in [-0.25, -0.2) is 4.68 Å². The second-order valence-electron chi connectivity index (χ2n) is 4.84. The number of nitrogens with two attached hydrogens (primary N) is 1. The third-order valence-electron chi connectivity index (χ3n) is 3.33. The van der Waals surface area contributed by atoms with Crippen LogP contribution in [0.1, 0.15) is 35.6 Å². The minimum absolute atomic E-state index is 0.744. The van der Waals surface area contributed by atoms with Gasteiger partial charge in [0.15, 0.2) is 0 Å². The van der Waals surface area contributed by atoms with Gasteiger partial charge in [0, 0.05) is 6.07 Å². The first kappa shape index (κ1) is 10.4.